The van der Waals surface area contributed by atoms with Crippen molar-refractivity contribution in [1.29, 1.82) is 0 Å². The number of hydrogen-bond donors (Lipinski definition) is 1. The molecule has 2 aromatic rings. The highest BCUT2D eigenvalue weighted by Gasteiger charge is 2.20. The number of carbonyl (C=O) groups is 2. The van der Waals surface area contributed by atoms with Crippen LogP contribution in [0.15, 0.2) is 36.4 Å². The molecule has 0 aliphatic rings. The Hall–Kier alpha value is -2.11. The molecule has 126 valence electrons. The lowest BCUT2D eigenvalue weighted by atomic mass is 10.1. The first-order chi connectivity index (χ1) is 11.3. The average molecular weight is 370 g/mol. The van der Waals surface area contributed by atoms with Gasteiger partial charge >= 0.3 is 5.97 Å². The number of anilines is 1. The molecule has 4 nitrogen and oxygen atoms in total. The number of hydrogen-bond acceptors (Lipinski definition) is 3. The van der Waals surface area contributed by atoms with Gasteiger partial charge in [0.2, 0.25) is 0 Å². The van der Waals surface area contributed by atoms with Gasteiger partial charge in [0.05, 0.1) is 16.3 Å². The van der Waals surface area contributed by atoms with Crippen molar-refractivity contribution in [2.45, 2.75) is 20.0 Å². The molecule has 1 N–H and O–H groups in total. The molecule has 0 aromatic heterocycles. The van der Waals surface area contributed by atoms with Crippen LogP contribution in [0, 0.1) is 12.7 Å². The third-order valence-corrected chi connectivity index (χ3v) is 3.81. The van der Waals surface area contributed by atoms with Crippen LogP contribution in [0.2, 0.25) is 10.0 Å². The van der Waals surface area contributed by atoms with Crippen molar-refractivity contribution >= 4 is 40.8 Å². The number of ether oxygens (including phenoxy) is 1. The molecule has 1 atom stereocenters. The maximum Gasteiger partial charge on any atom is 0.339 e. The molecule has 0 heterocycles. The van der Waals surface area contributed by atoms with E-state index in [0.29, 0.717) is 21.3 Å². The summed E-state index contributed by atoms with van der Waals surface area (Å²) in [6.07, 6.45) is -1.10. The van der Waals surface area contributed by atoms with E-state index in [1.165, 1.54) is 31.2 Å². The van der Waals surface area contributed by atoms with Crippen LogP contribution in [0.1, 0.15) is 22.8 Å². The van der Waals surface area contributed by atoms with Gasteiger partial charge in [0, 0.05) is 5.02 Å². The third-order valence-electron chi connectivity index (χ3n) is 3.25. The van der Waals surface area contributed by atoms with E-state index in [-0.39, 0.29) is 5.56 Å². The quantitative estimate of drug-likeness (QED) is 0.799. The molecule has 7 heteroatoms. The molecule has 2 aromatic carbocycles. The standard InChI is InChI=1S/C17H14Cl2FNO3/c1-9-3-4-11(7-14(9)20)17(23)24-10(2)16(22)21-15-8-12(18)5-6-13(15)19/h3-8,10H,1-2H3,(H,21,22)/t10-/m1/s1. The molecule has 0 aliphatic heterocycles. The van der Waals surface area contributed by atoms with Crippen LogP contribution in [-0.4, -0.2) is 18.0 Å². The van der Waals surface area contributed by atoms with Crippen LogP contribution >= 0.6 is 23.2 Å². The first-order valence-electron chi connectivity index (χ1n) is 7.01. The van der Waals surface area contributed by atoms with E-state index < -0.39 is 23.8 Å². The minimum absolute atomic E-state index is 0.0264. The summed E-state index contributed by atoms with van der Waals surface area (Å²) < 4.78 is 18.5. The Morgan fingerprint density at radius 1 is 1.17 bits per heavy atom. The van der Waals surface area contributed by atoms with E-state index in [9.17, 15) is 14.0 Å². The van der Waals surface area contributed by atoms with Gasteiger partial charge in [-0.3, -0.25) is 4.79 Å². The zero-order valence-corrected chi connectivity index (χ0v) is 14.4. The molecular formula is C17H14Cl2FNO3. The minimum Gasteiger partial charge on any atom is -0.449 e. The molecule has 1 amide bonds. The SMILES string of the molecule is Cc1ccc(C(=O)O[C@H](C)C(=O)Nc2cc(Cl)ccc2Cl)cc1F. The maximum atomic E-state index is 13.5. The summed E-state index contributed by atoms with van der Waals surface area (Å²) in [5.41, 5.74) is 0.741. The monoisotopic (exact) mass is 369 g/mol. The predicted molar refractivity (Wildman–Crippen MR) is 91.1 cm³/mol. The molecule has 24 heavy (non-hydrogen) atoms. The second kappa shape index (κ2) is 7.64. The maximum absolute atomic E-state index is 13.5. The smallest absolute Gasteiger partial charge is 0.339 e. The van der Waals surface area contributed by atoms with Crippen LogP contribution in [0.4, 0.5) is 10.1 Å². The van der Waals surface area contributed by atoms with Crippen LogP contribution in [0.25, 0.3) is 0 Å². The Labute approximate surface area is 148 Å². The number of carbonyl (C=O) groups excluding carboxylic acids is 2. The number of benzene rings is 2. The van der Waals surface area contributed by atoms with Crippen molar-refractivity contribution in [3.05, 3.63) is 63.4 Å². The van der Waals surface area contributed by atoms with Crippen molar-refractivity contribution in [3.8, 4) is 0 Å². The summed E-state index contributed by atoms with van der Waals surface area (Å²) in [7, 11) is 0. The number of halogens is 3. The number of rotatable bonds is 4. The fourth-order valence-corrected chi connectivity index (χ4v) is 2.17. The predicted octanol–water partition coefficient (Wildman–Crippen LogP) is 4.62. The van der Waals surface area contributed by atoms with Crippen molar-refractivity contribution in [2.75, 3.05) is 5.32 Å². The zero-order chi connectivity index (χ0) is 17.9. The summed E-state index contributed by atoms with van der Waals surface area (Å²) in [5, 5.41) is 3.22. The highest BCUT2D eigenvalue weighted by Crippen LogP contribution is 2.25. The Kier molecular flexibility index (Phi) is 5.80. The fraction of sp³-hybridized carbons (Fsp3) is 0.176. The minimum atomic E-state index is -1.10. The molecule has 0 radical (unpaired) electrons. The molecule has 0 spiro atoms. The molecule has 0 saturated carbocycles. The first kappa shape index (κ1) is 18.2. The lowest BCUT2D eigenvalue weighted by Gasteiger charge is -2.14. The van der Waals surface area contributed by atoms with Gasteiger partial charge in [0.15, 0.2) is 6.10 Å². The molecular weight excluding hydrogens is 356 g/mol. The second-order valence-electron chi connectivity index (χ2n) is 5.12. The van der Waals surface area contributed by atoms with Crippen LogP contribution < -0.4 is 5.32 Å². The van der Waals surface area contributed by atoms with E-state index in [2.05, 4.69) is 5.32 Å². The van der Waals surface area contributed by atoms with E-state index in [0.717, 1.165) is 6.07 Å². The van der Waals surface area contributed by atoms with Gasteiger partial charge in [-0.1, -0.05) is 29.3 Å². The van der Waals surface area contributed by atoms with Crippen LogP contribution in [0.5, 0.6) is 0 Å². The van der Waals surface area contributed by atoms with Crippen molar-refractivity contribution in [1.82, 2.24) is 0 Å². The van der Waals surface area contributed by atoms with Gasteiger partial charge < -0.3 is 10.1 Å². The van der Waals surface area contributed by atoms with E-state index in [1.807, 2.05) is 0 Å². The summed E-state index contributed by atoms with van der Waals surface area (Å²) in [6.45, 7) is 2.98. The van der Waals surface area contributed by atoms with Gasteiger partial charge in [0.1, 0.15) is 5.82 Å². The Morgan fingerprint density at radius 2 is 1.88 bits per heavy atom. The third kappa shape index (κ3) is 4.46. The molecule has 0 unspecified atom stereocenters. The molecule has 0 fully saturated rings. The van der Waals surface area contributed by atoms with Gasteiger partial charge in [-0.15, -0.1) is 0 Å². The summed E-state index contributed by atoms with van der Waals surface area (Å²) >= 11 is 11.8. The number of amides is 1. The summed E-state index contributed by atoms with van der Waals surface area (Å²) in [6, 6.07) is 8.55. The molecule has 2 rings (SSSR count). The first-order valence-corrected chi connectivity index (χ1v) is 7.76. The molecule has 0 saturated heterocycles. The Balaban J connectivity index is 2.04. The molecule has 0 aliphatic carbocycles. The Bertz CT molecular complexity index is 795. The van der Waals surface area contributed by atoms with Gasteiger partial charge in [-0.2, -0.15) is 0 Å². The van der Waals surface area contributed by atoms with Gasteiger partial charge in [-0.05, 0) is 49.7 Å². The Morgan fingerprint density at radius 3 is 2.54 bits per heavy atom. The normalized spacial score (nSPS) is 11.7. The average Bonchev–Trinajstić information content (AvgIpc) is 2.53. The van der Waals surface area contributed by atoms with E-state index in [4.69, 9.17) is 27.9 Å². The van der Waals surface area contributed by atoms with E-state index in [1.54, 1.807) is 13.0 Å². The zero-order valence-electron chi connectivity index (χ0n) is 12.9. The van der Waals surface area contributed by atoms with Crippen LogP contribution in [-0.2, 0) is 9.53 Å². The fourth-order valence-electron chi connectivity index (χ4n) is 1.83. The lowest BCUT2D eigenvalue weighted by Crippen LogP contribution is -2.30. The van der Waals surface area contributed by atoms with Crippen molar-refractivity contribution in [3.63, 3.8) is 0 Å². The van der Waals surface area contributed by atoms with Crippen LogP contribution in [0.3, 0.4) is 0 Å². The summed E-state index contributed by atoms with van der Waals surface area (Å²) in [5.74, 6) is -1.90. The number of aryl methyl sites for hydroxylation is 1. The van der Waals surface area contributed by atoms with E-state index >= 15 is 0 Å². The highest BCUT2D eigenvalue weighted by molar-refractivity contribution is 6.35. The second-order valence-corrected chi connectivity index (χ2v) is 5.97. The topological polar surface area (TPSA) is 55.4 Å². The largest absolute Gasteiger partial charge is 0.449 e. The lowest BCUT2D eigenvalue weighted by molar-refractivity contribution is -0.123. The van der Waals surface area contributed by atoms with Gasteiger partial charge in [0.25, 0.3) is 5.91 Å². The molecule has 0 bridgehead atoms. The summed E-state index contributed by atoms with van der Waals surface area (Å²) in [4.78, 5) is 24.1. The number of esters is 1. The number of nitrogens with one attached hydrogen (secondary N) is 1. The highest BCUT2D eigenvalue weighted by atomic mass is 35.5. The van der Waals surface area contributed by atoms with Crippen molar-refractivity contribution in [2.24, 2.45) is 0 Å². The van der Waals surface area contributed by atoms with Crippen molar-refractivity contribution < 1.29 is 18.7 Å². The van der Waals surface area contributed by atoms with Gasteiger partial charge in [-0.25, -0.2) is 9.18 Å².